The fraction of sp³-hybridized carbons (Fsp3) is 0.400. The number of nitrogens with two attached hydrogens (primary N) is 1. The first kappa shape index (κ1) is 13.4. The highest BCUT2D eigenvalue weighted by molar-refractivity contribution is 6.01. The summed E-state index contributed by atoms with van der Waals surface area (Å²) in [6.07, 6.45) is 6.06. The number of carbonyl (C=O) groups is 1. The lowest BCUT2D eigenvalue weighted by Gasteiger charge is -2.23. The molecule has 108 valence electrons. The lowest BCUT2D eigenvalue weighted by molar-refractivity contribution is 0.100. The van der Waals surface area contributed by atoms with Gasteiger partial charge in [-0.2, -0.15) is 5.10 Å². The van der Waals surface area contributed by atoms with Gasteiger partial charge in [0.2, 0.25) is 5.54 Å². The minimum atomic E-state index is -0.517. The summed E-state index contributed by atoms with van der Waals surface area (Å²) in [7, 11) is 0. The van der Waals surface area contributed by atoms with E-state index in [2.05, 4.69) is 15.3 Å². The molecule has 2 heterocycles. The average molecular weight is 283 g/mol. The molecule has 0 aromatic carbocycles. The Bertz CT molecular complexity index is 744. The van der Waals surface area contributed by atoms with Crippen molar-refractivity contribution >= 4 is 17.1 Å². The van der Waals surface area contributed by atoms with E-state index >= 15 is 0 Å². The molecule has 1 aliphatic carbocycles. The van der Waals surface area contributed by atoms with Crippen molar-refractivity contribution in [1.29, 1.82) is 0 Å². The van der Waals surface area contributed by atoms with Crippen molar-refractivity contribution in [2.75, 3.05) is 5.32 Å². The van der Waals surface area contributed by atoms with Crippen molar-refractivity contribution in [3.05, 3.63) is 41.5 Å². The molecule has 1 saturated carbocycles. The molecule has 21 heavy (non-hydrogen) atoms. The Morgan fingerprint density at radius 2 is 2.48 bits per heavy atom. The van der Waals surface area contributed by atoms with Gasteiger partial charge in [-0.1, -0.05) is 0 Å². The number of amides is 1. The van der Waals surface area contributed by atoms with E-state index < -0.39 is 11.4 Å². The zero-order valence-electron chi connectivity index (χ0n) is 11.8. The van der Waals surface area contributed by atoms with Gasteiger partial charge in [0.05, 0.1) is 23.0 Å². The van der Waals surface area contributed by atoms with E-state index in [-0.39, 0.29) is 6.04 Å². The fourth-order valence-corrected chi connectivity index (χ4v) is 3.02. The number of aromatic nitrogens is 2. The summed E-state index contributed by atoms with van der Waals surface area (Å²) >= 11 is 0. The summed E-state index contributed by atoms with van der Waals surface area (Å²) in [4.78, 5) is 15.5. The number of anilines is 1. The molecule has 0 saturated heterocycles. The minimum absolute atomic E-state index is 0.00852. The first-order chi connectivity index (χ1) is 10.0. The summed E-state index contributed by atoms with van der Waals surface area (Å²) < 4.78 is 1.69. The van der Waals surface area contributed by atoms with E-state index in [0.29, 0.717) is 11.3 Å². The average Bonchev–Trinajstić information content (AvgIpc) is 3.07. The smallest absolute Gasteiger partial charge is 0.252 e. The summed E-state index contributed by atoms with van der Waals surface area (Å²) in [5.41, 5.74) is 6.85. The standard InChI is InChI=1S/C15H17N5O/c1-15(17-2)7-3-6-12(15)19-13-10(14(16)21)9-18-20-8-4-5-11(13)20/h4-5,8-9,12,19H,3,6-7H2,1H3,(H2,16,21)/t12-,15+/m1/s1. The van der Waals surface area contributed by atoms with Gasteiger partial charge in [-0.05, 0) is 25.0 Å². The molecule has 3 N–H and O–H groups in total. The van der Waals surface area contributed by atoms with E-state index in [1.807, 2.05) is 25.3 Å². The second-order valence-electron chi connectivity index (χ2n) is 5.69. The molecule has 6 nitrogen and oxygen atoms in total. The lowest BCUT2D eigenvalue weighted by atomic mass is 9.96. The van der Waals surface area contributed by atoms with Crippen LogP contribution in [0.4, 0.5) is 5.69 Å². The molecule has 6 heteroatoms. The minimum Gasteiger partial charge on any atom is -0.372 e. The van der Waals surface area contributed by atoms with E-state index in [4.69, 9.17) is 12.3 Å². The Morgan fingerprint density at radius 1 is 1.67 bits per heavy atom. The normalized spacial score (nSPS) is 24.9. The van der Waals surface area contributed by atoms with Gasteiger partial charge < -0.3 is 15.9 Å². The predicted octanol–water partition coefficient (Wildman–Crippen LogP) is 2.08. The van der Waals surface area contributed by atoms with Crippen LogP contribution >= 0.6 is 0 Å². The second kappa shape index (κ2) is 4.77. The van der Waals surface area contributed by atoms with E-state index in [1.54, 1.807) is 4.52 Å². The number of fused-ring (bicyclic) bond motifs is 1. The maximum absolute atomic E-state index is 11.7. The number of hydrogen-bond acceptors (Lipinski definition) is 3. The Morgan fingerprint density at radius 3 is 3.19 bits per heavy atom. The van der Waals surface area contributed by atoms with Crippen LogP contribution in [0.25, 0.3) is 10.4 Å². The summed E-state index contributed by atoms with van der Waals surface area (Å²) in [5, 5.41) is 7.56. The highest BCUT2D eigenvalue weighted by atomic mass is 16.1. The van der Waals surface area contributed by atoms with Crippen LogP contribution in [-0.4, -0.2) is 27.1 Å². The molecule has 3 rings (SSSR count). The molecule has 1 amide bonds. The maximum atomic E-state index is 11.7. The lowest BCUT2D eigenvalue weighted by Crippen LogP contribution is -2.37. The van der Waals surface area contributed by atoms with E-state index in [9.17, 15) is 4.79 Å². The van der Waals surface area contributed by atoms with Gasteiger partial charge in [0.25, 0.3) is 5.91 Å². The van der Waals surface area contributed by atoms with Crippen LogP contribution in [0, 0.1) is 6.57 Å². The summed E-state index contributed by atoms with van der Waals surface area (Å²) in [5.74, 6) is -0.517. The highest BCUT2D eigenvalue weighted by Gasteiger charge is 2.45. The largest absolute Gasteiger partial charge is 0.372 e. The van der Waals surface area contributed by atoms with Crippen molar-refractivity contribution in [2.24, 2.45) is 5.73 Å². The van der Waals surface area contributed by atoms with E-state index in [0.717, 1.165) is 24.8 Å². The molecule has 0 spiro atoms. The monoisotopic (exact) mass is 283 g/mol. The molecule has 2 atom stereocenters. The van der Waals surface area contributed by atoms with Crippen molar-refractivity contribution in [3.8, 4) is 0 Å². The topological polar surface area (TPSA) is 76.8 Å². The first-order valence-corrected chi connectivity index (χ1v) is 6.96. The Balaban J connectivity index is 2.07. The van der Waals surface area contributed by atoms with Gasteiger partial charge in [0.15, 0.2) is 0 Å². The first-order valence-electron chi connectivity index (χ1n) is 6.96. The molecule has 0 bridgehead atoms. The van der Waals surface area contributed by atoms with Crippen LogP contribution in [0.1, 0.15) is 36.5 Å². The molecular weight excluding hydrogens is 266 g/mol. The number of hydrogen-bond donors (Lipinski definition) is 2. The zero-order chi connectivity index (χ0) is 15.0. The number of nitrogens with zero attached hydrogens (tertiary/aromatic N) is 3. The molecule has 0 unspecified atom stereocenters. The van der Waals surface area contributed by atoms with Crippen LogP contribution in [0.2, 0.25) is 0 Å². The Hall–Kier alpha value is -2.55. The van der Waals surface area contributed by atoms with Gasteiger partial charge in [0, 0.05) is 19.5 Å². The number of rotatable bonds is 3. The van der Waals surface area contributed by atoms with Crippen molar-refractivity contribution in [2.45, 2.75) is 37.8 Å². The number of nitrogens with one attached hydrogen (secondary N) is 1. The van der Waals surface area contributed by atoms with Crippen LogP contribution in [0.15, 0.2) is 24.5 Å². The maximum Gasteiger partial charge on any atom is 0.252 e. The van der Waals surface area contributed by atoms with Gasteiger partial charge >= 0.3 is 0 Å². The second-order valence-corrected chi connectivity index (χ2v) is 5.69. The molecule has 0 radical (unpaired) electrons. The fourth-order valence-electron chi connectivity index (χ4n) is 3.02. The third-order valence-corrected chi connectivity index (χ3v) is 4.33. The van der Waals surface area contributed by atoms with Crippen LogP contribution in [0.3, 0.4) is 0 Å². The number of primary amides is 1. The third-order valence-electron chi connectivity index (χ3n) is 4.33. The van der Waals surface area contributed by atoms with Crippen LogP contribution in [-0.2, 0) is 0 Å². The SMILES string of the molecule is [C-]#[N+][C@@]1(C)CCC[C@H]1Nc1c(C(N)=O)cnn2cccc12. The van der Waals surface area contributed by atoms with Crippen LogP contribution < -0.4 is 11.1 Å². The summed E-state index contributed by atoms with van der Waals surface area (Å²) in [6, 6.07) is 3.75. The molecule has 0 aliphatic heterocycles. The van der Waals surface area contributed by atoms with Crippen molar-refractivity contribution in [1.82, 2.24) is 9.61 Å². The Labute approximate surface area is 122 Å². The Kier molecular flexibility index (Phi) is 3.05. The molecular formula is C15H17N5O. The molecule has 2 aromatic rings. The predicted molar refractivity (Wildman–Crippen MR) is 80.0 cm³/mol. The number of carbonyl (C=O) groups excluding carboxylic acids is 1. The third kappa shape index (κ3) is 2.11. The van der Waals surface area contributed by atoms with Gasteiger partial charge in [0.1, 0.15) is 6.04 Å². The molecule has 2 aromatic heterocycles. The van der Waals surface area contributed by atoms with Crippen molar-refractivity contribution < 1.29 is 4.79 Å². The zero-order valence-corrected chi connectivity index (χ0v) is 11.8. The van der Waals surface area contributed by atoms with Gasteiger partial charge in [-0.15, -0.1) is 0 Å². The van der Waals surface area contributed by atoms with Crippen LogP contribution in [0.5, 0.6) is 0 Å². The quantitative estimate of drug-likeness (QED) is 0.847. The summed E-state index contributed by atoms with van der Waals surface area (Å²) in [6.45, 7) is 9.40. The van der Waals surface area contributed by atoms with Crippen molar-refractivity contribution in [3.63, 3.8) is 0 Å². The van der Waals surface area contributed by atoms with Gasteiger partial charge in [-0.25, -0.2) is 11.1 Å². The van der Waals surface area contributed by atoms with E-state index in [1.165, 1.54) is 6.20 Å². The molecule has 1 aliphatic rings. The highest BCUT2D eigenvalue weighted by Crippen LogP contribution is 2.36. The molecule has 1 fully saturated rings. The van der Waals surface area contributed by atoms with Gasteiger partial charge in [-0.3, -0.25) is 4.79 Å².